The van der Waals surface area contributed by atoms with E-state index in [0.29, 0.717) is 23.1 Å². The number of nitrogens with one attached hydrogen (secondary N) is 1. The van der Waals surface area contributed by atoms with Gasteiger partial charge < -0.3 is 14.6 Å². The zero-order valence-electron chi connectivity index (χ0n) is 14.6. The molecule has 1 amide bonds. The number of aromatic nitrogens is 3. The molecule has 0 atom stereocenters. The second-order valence-corrected chi connectivity index (χ2v) is 5.87. The molecule has 0 radical (unpaired) electrons. The van der Waals surface area contributed by atoms with Crippen LogP contribution in [0.2, 0.25) is 0 Å². The van der Waals surface area contributed by atoms with Crippen LogP contribution in [0.1, 0.15) is 10.4 Å². The highest BCUT2D eigenvalue weighted by molar-refractivity contribution is 6.04. The van der Waals surface area contributed by atoms with Crippen molar-refractivity contribution in [3.8, 4) is 17.4 Å². The Morgan fingerprint density at radius 3 is 2.46 bits per heavy atom. The molecule has 1 N–H and O–H groups in total. The third kappa shape index (κ3) is 3.88. The fourth-order valence-electron chi connectivity index (χ4n) is 2.59. The third-order valence-corrected chi connectivity index (χ3v) is 3.95. The SMILES string of the molecule is O=C(Nc1ccc(Oc2cc(-n3cccc3)ncn2)cc1)c1ccccc1F. The summed E-state index contributed by atoms with van der Waals surface area (Å²) in [4.78, 5) is 20.5. The second-order valence-electron chi connectivity index (χ2n) is 5.87. The van der Waals surface area contributed by atoms with Gasteiger partial charge in [0.25, 0.3) is 5.91 Å². The predicted molar refractivity (Wildman–Crippen MR) is 102 cm³/mol. The Labute approximate surface area is 160 Å². The van der Waals surface area contributed by atoms with E-state index in [1.54, 1.807) is 36.4 Å². The summed E-state index contributed by atoms with van der Waals surface area (Å²) in [7, 11) is 0. The molecular weight excluding hydrogens is 359 g/mol. The zero-order chi connectivity index (χ0) is 19.3. The van der Waals surface area contributed by atoms with Crippen LogP contribution >= 0.6 is 0 Å². The Bertz CT molecular complexity index is 1100. The lowest BCUT2D eigenvalue weighted by Gasteiger charge is -2.09. The summed E-state index contributed by atoms with van der Waals surface area (Å²) in [6.07, 6.45) is 5.17. The van der Waals surface area contributed by atoms with Gasteiger partial charge in [-0.2, -0.15) is 0 Å². The fraction of sp³-hybridized carbons (Fsp3) is 0. The monoisotopic (exact) mass is 374 g/mol. The number of halogens is 1. The first kappa shape index (κ1) is 17.4. The number of carbonyl (C=O) groups is 1. The van der Waals surface area contributed by atoms with Gasteiger partial charge in [-0.3, -0.25) is 4.79 Å². The van der Waals surface area contributed by atoms with Crippen molar-refractivity contribution < 1.29 is 13.9 Å². The Hall–Kier alpha value is -4.00. The maximum absolute atomic E-state index is 13.7. The van der Waals surface area contributed by atoms with E-state index in [2.05, 4.69) is 15.3 Å². The maximum atomic E-state index is 13.7. The molecule has 0 aliphatic carbocycles. The highest BCUT2D eigenvalue weighted by atomic mass is 19.1. The van der Waals surface area contributed by atoms with E-state index in [-0.39, 0.29) is 5.56 Å². The van der Waals surface area contributed by atoms with Crippen LogP contribution in [0.25, 0.3) is 5.82 Å². The molecule has 0 saturated carbocycles. The normalized spacial score (nSPS) is 10.5. The van der Waals surface area contributed by atoms with Crippen molar-refractivity contribution in [2.24, 2.45) is 0 Å². The van der Waals surface area contributed by atoms with E-state index >= 15 is 0 Å². The lowest BCUT2D eigenvalue weighted by Crippen LogP contribution is -2.13. The van der Waals surface area contributed by atoms with Crippen molar-refractivity contribution in [3.05, 3.63) is 96.8 Å². The number of benzene rings is 2. The average molecular weight is 374 g/mol. The van der Waals surface area contributed by atoms with Gasteiger partial charge in [-0.25, -0.2) is 14.4 Å². The van der Waals surface area contributed by atoms with Gasteiger partial charge in [0.2, 0.25) is 5.88 Å². The van der Waals surface area contributed by atoms with Gasteiger partial charge in [-0.15, -0.1) is 0 Å². The van der Waals surface area contributed by atoms with Crippen molar-refractivity contribution in [2.75, 3.05) is 5.32 Å². The largest absolute Gasteiger partial charge is 0.439 e. The smallest absolute Gasteiger partial charge is 0.258 e. The standard InChI is InChI=1S/C21H15FN4O2/c22-18-6-2-1-5-17(18)21(27)25-15-7-9-16(10-8-15)28-20-13-19(23-14-24-20)26-11-3-4-12-26/h1-14H,(H,25,27). The first-order valence-corrected chi connectivity index (χ1v) is 8.48. The van der Waals surface area contributed by atoms with Crippen molar-refractivity contribution in [3.63, 3.8) is 0 Å². The van der Waals surface area contributed by atoms with Crippen molar-refractivity contribution >= 4 is 11.6 Å². The van der Waals surface area contributed by atoms with Crippen LogP contribution in [0.5, 0.6) is 11.6 Å². The van der Waals surface area contributed by atoms with Gasteiger partial charge in [-0.1, -0.05) is 12.1 Å². The minimum absolute atomic E-state index is 0.0126. The number of hydrogen-bond donors (Lipinski definition) is 1. The number of anilines is 1. The van der Waals surface area contributed by atoms with Gasteiger partial charge >= 0.3 is 0 Å². The van der Waals surface area contributed by atoms with Gasteiger partial charge in [-0.05, 0) is 48.5 Å². The Kier molecular flexibility index (Phi) is 4.79. The molecule has 6 nitrogen and oxygen atoms in total. The molecule has 0 saturated heterocycles. The number of amides is 1. The number of carbonyl (C=O) groups excluding carboxylic acids is 1. The third-order valence-electron chi connectivity index (χ3n) is 3.95. The summed E-state index contributed by atoms with van der Waals surface area (Å²) in [5.41, 5.74) is 0.512. The molecule has 4 rings (SSSR count). The zero-order valence-corrected chi connectivity index (χ0v) is 14.6. The molecular formula is C21H15FN4O2. The van der Waals surface area contributed by atoms with Crippen LogP contribution in [-0.4, -0.2) is 20.4 Å². The molecule has 28 heavy (non-hydrogen) atoms. The van der Waals surface area contributed by atoms with Gasteiger partial charge in [0, 0.05) is 24.1 Å². The lowest BCUT2D eigenvalue weighted by molar-refractivity contribution is 0.102. The lowest BCUT2D eigenvalue weighted by atomic mass is 10.2. The Morgan fingerprint density at radius 1 is 0.964 bits per heavy atom. The summed E-state index contributed by atoms with van der Waals surface area (Å²) in [5, 5.41) is 2.65. The van der Waals surface area contributed by atoms with Crippen LogP contribution in [0.3, 0.4) is 0 Å². The van der Waals surface area contributed by atoms with Gasteiger partial charge in [0.15, 0.2) is 0 Å². The number of rotatable bonds is 5. The minimum Gasteiger partial charge on any atom is -0.439 e. The molecule has 4 aromatic rings. The van der Waals surface area contributed by atoms with Crippen LogP contribution in [0, 0.1) is 5.82 Å². The Balaban J connectivity index is 1.45. The molecule has 0 aliphatic rings. The number of nitrogens with zero attached hydrogens (tertiary/aromatic N) is 3. The van der Waals surface area contributed by atoms with Crippen molar-refractivity contribution in [1.82, 2.24) is 14.5 Å². The van der Waals surface area contributed by atoms with E-state index < -0.39 is 11.7 Å². The van der Waals surface area contributed by atoms with Crippen molar-refractivity contribution in [1.29, 1.82) is 0 Å². The topological polar surface area (TPSA) is 69.0 Å². The molecule has 0 spiro atoms. The average Bonchev–Trinajstić information content (AvgIpc) is 3.25. The molecule has 138 valence electrons. The van der Waals surface area contributed by atoms with Gasteiger partial charge in [0.1, 0.15) is 23.7 Å². The van der Waals surface area contributed by atoms with E-state index in [1.807, 2.05) is 29.1 Å². The predicted octanol–water partition coefficient (Wildman–Crippen LogP) is 4.45. The van der Waals surface area contributed by atoms with Crippen LogP contribution < -0.4 is 10.1 Å². The molecule has 0 aliphatic heterocycles. The van der Waals surface area contributed by atoms with E-state index in [4.69, 9.17) is 4.74 Å². The summed E-state index contributed by atoms with van der Waals surface area (Å²) < 4.78 is 21.3. The number of hydrogen-bond acceptors (Lipinski definition) is 4. The second kappa shape index (κ2) is 7.71. The first-order valence-electron chi connectivity index (χ1n) is 8.48. The summed E-state index contributed by atoms with van der Waals surface area (Å²) in [6.45, 7) is 0. The highest BCUT2D eigenvalue weighted by Gasteiger charge is 2.11. The van der Waals surface area contributed by atoms with E-state index in [1.165, 1.54) is 24.5 Å². The molecule has 0 bridgehead atoms. The Morgan fingerprint density at radius 2 is 1.71 bits per heavy atom. The molecule has 2 aromatic heterocycles. The van der Waals surface area contributed by atoms with Gasteiger partial charge in [0.05, 0.1) is 5.56 Å². The summed E-state index contributed by atoms with van der Waals surface area (Å²) in [6, 6.07) is 18.1. The van der Waals surface area contributed by atoms with Crippen LogP contribution in [0.15, 0.2) is 85.5 Å². The van der Waals surface area contributed by atoms with Crippen LogP contribution in [-0.2, 0) is 0 Å². The highest BCUT2D eigenvalue weighted by Crippen LogP contribution is 2.23. The molecule has 2 heterocycles. The first-order chi connectivity index (χ1) is 13.7. The fourth-order valence-corrected chi connectivity index (χ4v) is 2.59. The van der Waals surface area contributed by atoms with E-state index in [9.17, 15) is 9.18 Å². The molecule has 2 aromatic carbocycles. The minimum atomic E-state index is -0.567. The van der Waals surface area contributed by atoms with Crippen molar-refractivity contribution in [2.45, 2.75) is 0 Å². The summed E-state index contributed by atoms with van der Waals surface area (Å²) >= 11 is 0. The molecule has 7 heteroatoms. The van der Waals surface area contributed by atoms with Crippen LogP contribution in [0.4, 0.5) is 10.1 Å². The number of ether oxygens (including phenoxy) is 1. The molecule has 0 unspecified atom stereocenters. The molecule has 0 fully saturated rings. The van der Waals surface area contributed by atoms with E-state index in [0.717, 1.165) is 0 Å². The quantitative estimate of drug-likeness (QED) is 0.560. The maximum Gasteiger partial charge on any atom is 0.258 e. The summed E-state index contributed by atoms with van der Waals surface area (Å²) in [5.74, 6) is 0.535.